The summed E-state index contributed by atoms with van der Waals surface area (Å²) in [6.45, 7) is 1.82. The van der Waals surface area contributed by atoms with Crippen LogP contribution in [0, 0.1) is 10.1 Å². The first kappa shape index (κ1) is 27.4. The third kappa shape index (κ3) is 5.54. The van der Waals surface area contributed by atoms with Crippen LogP contribution in [0.4, 0.5) is 11.4 Å². The van der Waals surface area contributed by atoms with Crippen molar-refractivity contribution in [2.45, 2.75) is 4.90 Å². The van der Waals surface area contributed by atoms with Crippen LogP contribution in [-0.4, -0.2) is 73.2 Å². The number of hydrogen-bond donors (Lipinski definition) is 1. The highest BCUT2D eigenvalue weighted by Gasteiger charge is 2.29. The van der Waals surface area contributed by atoms with E-state index in [-0.39, 0.29) is 36.9 Å². The molecule has 0 spiro atoms. The molecule has 216 valence electrons. The van der Waals surface area contributed by atoms with Gasteiger partial charge in [-0.25, -0.2) is 13.1 Å². The monoisotopic (exact) mass is 590 g/mol. The van der Waals surface area contributed by atoms with Gasteiger partial charge in [0.05, 0.1) is 34.9 Å². The smallest absolute Gasteiger partial charge is 0.295 e. The van der Waals surface area contributed by atoms with Crippen molar-refractivity contribution >= 4 is 27.6 Å². The van der Waals surface area contributed by atoms with Crippen LogP contribution in [-0.2, 0) is 14.8 Å². The number of hydrazone groups is 1. The second-order valence-electron chi connectivity index (χ2n) is 9.39. The first-order valence-corrected chi connectivity index (χ1v) is 14.5. The summed E-state index contributed by atoms with van der Waals surface area (Å²) in [5.74, 6) is 1.26. The molecule has 42 heavy (non-hydrogen) atoms. The third-order valence-electron chi connectivity index (χ3n) is 6.74. The number of hydrogen-bond acceptors (Lipinski definition) is 10. The summed E-state index contributed by atoms with van der Waals surface area (Å²) in [5.41, 5.74) is 5.12. The number of benzene rings is 3. The number of nitro benzene ring substituents is 1. The van der Waals surface area contributed by atoms with Crippen molar-refractivity contribution in [1.82, 2.24) is 14.1 Å². The van der Waals surface area contributed by atoms with E-state index in [1.165, 1.54) is 22.7 Å². The van der Waals surface area contributed by atoms with E-state index in [1.54, 1.807) is 10.9 Å². The van der Waals surface area contributed by atoms with Crippen LogP contribution in [0.2, 0.25) is 0 Å². The minimum absolute atomic E-state index is 0.0357. The zero-order chi connectivity index (χ0) is 29.1. The molecule has 6 rings (SSSR count). The van der Waals surface area contributed by atoms with Crippen LogP contribution >= 0.6 is 0 Å². The zero-order valence-corrected chi connectivity index (χ0v) is 23.1. The number of anilines is 1. The molecule has 4 aromatic rings. The van der Waals surface area contributed by atoms with Crippen molar-refractivity contribution in [2.24, 2.45) is 5.10 Å². The maximum absolute atomic E-state index is 13.0. The normalized spacial score (nSPS) is 15.5. The number of nitrogens with one attached hydrogen (secondary N) is 1. The average Bonchev–Trinajstić information content (AvgIpc) is 3.46. The van der Waals surface area contributed by atoms with Crippen LogP contribution in [0.15, 0.2) is 82.9 Å². The Bertz CT molecular complexity index is 1750. The molecule has 0 saturated carbocycles. The third-order valence-corrected chi connectivity index (χ3v) is 8.64. The van der Waals surface area contributed by atoms with Crippen molar-refractivity contribution < 1.29 is 27.6 Å². The van der Waals surface area contributed by atoms with Gasteiger partial charge in [0.2, 0.25) is 10.0 Å². The molecule has 0 aliphatic carbocycles. The predicted molar refractivity (Wildman–Crippen MR) is 154 cm³/mol. The molecule has 1 N–H and O–H groups in total. The number of aromatic nitrogens is 2. The fraction of sp³-hybridized carbons (Fsp3) is 0.214. The van der Waals surface area contributed by atoms with Crippen molar-refractivity contribution in [1.29, 1.82) is 0 Å². The highest BCUT2D eigenvalue weighted by Crippen LogP contribution is 2.35. The fourth-order valence-corrected chi connectivity index (χ4v) is 6.06. The minimum atomic E-state index is -3.91. The lowest BCUT2D eigenvalue weighted by Crippen LogP contribution is -2.40. The van der Waals surface area contributed by atoms with Crippen molar-refractivity contribution in [3.05, 3.63) is 88.6 Å². The maximum atomic E-state index is 13.0. The molecule has 3 aromatic carbocycles. The highest BCUT2D eigenvalue weighted by molar-refractivity contribution is 7.89. The molecule has 3 heterocycles. The summed E-state index contributed by atoms with van der Waals surface area (Å²) in [7, 11) is -3.91. The number of nitro groups is 1. The summed E-state index contributed by atoms with van der Waals surface area (Å²) < 4.78 is 45.6. The zero-order valence-electron chi connectivity index (χ0n) is 22.3. The van der Waals surface area contributed by atoms with Gasteiger partial charge in [-0.3, -0.25) is 15.5 Å². The van der Waals surface area contributed by atoms with Crippen LogP contribution < -0.4 is 14.9 Å². The Morgan fingerprint density at radius 2 is 1.71 bits per heavy atom. The first-order chi connectivity index (χ1) is 20.4. The molecule has 2 aliphatic rings. The Labute approximate surface area is 241 Å². The van der Waals surface area contributed by atoms with Gasteiger partial charge in [-0.1, -0.05) is 18.2 Å². The van der Waals surface area contributed by atoms with E-state index in [0.29, 0.717) is 36.0 Å². The van der Waals surface area contributed by atoms with E-state index in [2.05, 4.69) is 10.5 Å². The number of morpholine rings is 1. The molecule has 1 fully saturated rings. The molecular formula is C28H26N6O7S. The molecule has 0 radical (unpaired) electrons. The van der Waals surface area contributed by atoms with Crippen LogP contribution in [0.1, 0.15) is 5.56 Å². The van der Waals surface area contributed by atoms with Gasteiger partial charge in [0.25, 0.3) is 5.69 Å². The topological polar surface area (TPSA) is 150 Å². The van der Waals surface area contributed by atoms with E-state index in [4.69, 9.17) is 19.3 Å². The van der Waals surface area contributed by atoms with E-state index in [9.17, 15) is 18.5 Å². The molecule has 2 aliphatic heterocycles. The number of fused-ring (bicyclic) bond motifs is 1. The number of para-hydroxylation sites is 1. The number of ether oxygens (including phenoxy) is 3. The minimum Gasteiger partial charge on any atom is -0.486 e. The second kappa shape index (κ2) is 11.6. The summed E-state index contributed by atoms with van der Waals surface area (Å²) in [6, 6.07) is 18.8. The van der Waals surface area contributed by atoms with Crippen LogP contribution in [0.5, 0.6) is 11.5 Å². The van der Waals surface area contributed by atoms with Gasteiger partial charge in [0.15, 0.2) is 11.5 Å². The van der Waals surface area contributed by atoms with Crippen LogP contribution in [0.25, 0.3) is 16.9 Å². The highest BCUT2D eigenvalue weighted by atomic mass is 32.2. The van der Waals surface area contributed by atoms with Gasteiger partial charge < -0.3 is 14.2 Å². The Morgan fingerprint density at radius 1 is 0.952 bits per heavy atom. The standard InChI is InChI=1S/C28H26N6O7S/c35-34(36)25-17-23(42(37,38)32-10-12-39-13-11-32)7-8-24(25)30-29-18-21-19-33(22-4-2-1-3-5-22)31-28(21)20-6-9-26-27(16-20)41-15-14-40-26/h1-9,16-19,30H,10-15H2/b29-18+. The molecule has 0 amide bonds. The molecule has 0 bridgehead atoms. The Hall–Kier alpha value is -4.79. The van der Waals surface area contributed by atoms with Gasteiger partial charge in [0, 0.05) is 36.5 Å². The van der Waals surface area contributed by atoms with Gasteiger partial charge in [0.1, 0.15) is 24.6 Å². The Balaban J connectivity index is 1.31. The SMILES string of the molecule is O=[N+]([O-])c1cc(S(=O)(=O)N2CCOCC2)ccc1N/N=C/c1cn(-c2ccccc2)nc1-c1ccc2c(c1)OCCO2. The number of nitrogens with zero attached hydrogens (tertiary/aromatic N) is 5. The number of rotatable bonds is 8. The summed E-state index contributed by atoms with van der Waals surface area (Å²) in [5, 5.41) is 20.9. The van der Waals surface area contributed by atoms with Gasteiger partial charge in [-0.2, -0.15) is 14.5 Å². The first-order valence-electron chi connectivity index (χ1n) is 13.1. The molecular weight excluding hydrogens is 564 g/mol. The lowest BCUT2D eigenvalue weighted by atomic mass is 10.1. The average molecular weight is 591 g/mol. The van der Waals surface area contributed by atoms with E-state index in [1.807, 2.05) is 48.5 Å². The van der Waals surface area contributed by atoms with Crippen molar-refractivity contribution in [3.8, 4) is 28.4 Å². The van der Waals surface area contributed by atoms with E-state index < -0.39 is 20.6 Å². The quantitative estimate of drug-likeness (QED) is 0.184. The lowest BCUT2D eigenvalue weighted by Gasteiger charge is -2.26. The molecule has 13 nitrogen and oxygen atoms in total. The molecule has 1 saturated heterocycles. The fourth-order valence-electron chi connectivity index (χ4n) is 4.63. The second-order valence-corrected chi connectivity index (χ2v) is 11.3. The molecule has 0 unspecified atom stereocenters. The molecule has 1 aromatic heterocycles. The summed E-state index contributed by atoms with van der Waals surface area (Å²) in [6.07, 6.45) is 3.29. The van der Waals surface area contributed by atoms with Crippen molar-refractivity contribution in [2.75, 3.05) is 44.9 Å². The largest absolute Gasteiger partial charge is 0.486 e. The Kier molecular flexibility index (Phi) is 7.56. The predicted octanol–water partition coefficient (Wildman–Crippen LogP) is 3.69. The Morgan fingerprint density at radius 3 is 2.48 bits per heavy atom. The number of sulfonamides is 1. The maximum Gasteiger partial charge on any atom is 0.295 e. The van der Waals surface area contributed by atoms with Gasteiger partial charge in [-0.05, 0) is 42.5 Å². The van der Waals surface area contributed by atoms with Gasteiger partial charge >= 0.3 is 0 Å². The molecule has 14 heteroatoms. The lowest BCUT2D eigenvalue weighted by molar-refractivity contribution is -0.384. The van der Waals surface area contributed by atoms with Crippen molar-refractivity contribution in [3.63, 3.8) is 0 Å². The summed E-state index contributed by atoms with van der Waals surface area (Å²) in [4.78, 5) is 11.1. The summed E-state index contributed by atoms with van der Waals surface area (Å²) >= 11 is 0. The van der Waals surface area contributed by atoms with E-state index in [0.717, 1.165) is 17.3 Å². The van der Waals surface area contributed by atoms with Gasteiger partial charge in [-0.15, -0.1) is 0 Å². The molecule has 0 atom stereocenters. The van der Waals surface area contributed by atoms with Crippen LogP contribution in [0.3, 0.4) is 0 Å². The van der Waals surface area contributed by atoms with E-state index >= 15 is 0 Å².